The molecule has 0 saturated carbocycles. The van der Waals surface area contributed by atoms with E-state index in [1.165, 1.54) is 6.08 Å². The van der Waals surface area contributed by atoms with Gasteiger partial charge in [0.15, 0.2) is 0 Å². The lowest BCUT2D eigenvalue weighted by Crippen LogP contribution is -2.24. The second-order valence-electron chi connectivity index (χ2n) is 4.35. The van der Waals surface area contributed by atoms with Crippen molar-refractivity contribution in [2.75, 3.05) is 0 Å². The molecule has 0 aromatic carbocycles. The molecular formula is C12H19NO3S2. The Morgan fingerprint density at radius 3 is 2.67 bits per heavy atom. The monoisotopic (exact) mass is 289 g/mol. The van der Waals surface area contributed by atoms with Gasteiger partial charge in [-0.15, -0.1) is 17.9 Å². The minimum absolute atomic E-state index is 0.132. The van der Waals surface area contributed by atoms with Gasteiger partial charge in [-0.05, 0) is 22.9 Å². The Kier molecular flexibility index (Phi) is 5.10. The standard InChI is InChI=1S/C12H19NO3S2/c1-4-8(3)11(10(14)5-2)9-6-7-17-12(9)18(13,15)16/h5-8,10-11,14H,2,4H2,1,3H3,(H2,13,15,16)/t8-,10?,11-/m0/s1. The first kappa shape index (κ1) is 15.4. The van der Waals surface area contributed by atoms with Gasteiger partial charge in [0.05, 0.1) is 6.10 Å². The summed E-state index contributed by atoms with van der Waals surface area (Å²) in [6, 6.07) is 1.72. The van der Waals surface area contributed by atoms with Gasteiger partial charge in [0.2, 0.25) is 10.0 Å². The zero-order chi connectivity index (χ0) is 13.9. The van der Waals surface area contributed by atoms with Crippen LogP contribution in [0, 0.1) is 5.92 Å². The molecule has 3 N–H and O–H groups in total. The number of thiophene rings is 1. The van der Waals surface area contributed by atoms with Gasteiger partial charge in [0.1, 0.15) is 4.21 Å². The Labute approximate surface area is 112 Å². The molecule has 0 aliphatic heterocycles. The molecule has 0 fully saturated rings. The lowest BCUT2D eigenvalue weighted by molar-refractivity contribution is 0.159. The normalized spacial score (nSPS) is 17.1. The van der Waals surface area contributed by atoms with Crippen molar-refractivity contribution in [3.63, 3.8) is 0 Å². The van der Waals surface area contributed by atoms with Gasteiger partial charge >= 0.3 is 0 Å². The zero-order valence-corrected chi connectivity index (χ0v) is 12.2. The number of hydrogen-bond donors (Lipinski definition) is 2. The second-order valence-corrected chi connectivity index (χ2v) is 7.02. The highest BCUT2D eigenvalue weighted by atomic mass is 32.2. The highest BCUT2D eigenvalue weighted by Gasteiger charge is 2.30. The third kappa shape index (κ3) is 3.20. The van der Waals surface area contributed by atoms with E-state index in [1.54, 1.807) is 11.4 Å². The van der Waals surface area contributed by atoms with Crippen LogP contribution in [-0.4, -0.2) is 19.6 Å². The summed E-state index contributed by atoms with van der Waals surface area (Å²) < 4.78 is 23.2. The minimum Gasteiger partial charge on any atom is -0.388 e. The van der Waals surface area contributed by atoms with Crippen LogP contribution >= 0.6 is 11.3 Å². The molecule has 3 atom stereocenters. The smallest absolute Gasteiger partial charge is 0.247 e. The van der Waals surface area contributed by atoms with Crippen molar-refractivity contribution in [2.45, 2.75) is 36.5 Å². The summed E-state index contributed by atoms with van der Waals surface area (Å²) in [7, 11) is -3.75. The number of primary sulfonamides is 1. The predicted molar refractivity (Wildman–Crippen MR) is 74.1 cm³/mol. The van der Waals surface area contributed by atoms with Crippen LogP contribution in [0.1, 0.15) is 31.7 Å². The van der Waals surface area contributed by atoms with E-state index in [2.05, 4.69) is 6.58 Å². The van der Waals surface area contributed by atoms with Crippen molar-refractivity contribution in [3.8, 4) is 0 Å². The molecule has 1 unspecified atom stereocenters. The molecule has 0 spiro atoms. The van der Waals surface area contributed by atoms with Gasteiger partial charge in [0.25, 0.3) is 0 Å². The molecule has 18 heavy (non-hydrogen) atoms. The molecule has 4 nitrogen and oxygen atoms in total. The summed E-state index contributed by atoms with van der Waals surface area (Å²) in [6.45, 7) is 7.54. The molecule has 0 radical (unpaired) electrons. The van der Waals surface area contributed by atoms with Crippen LogP contribution in [-0.2, 0) is 10.0 Å². The molecule has 1 heterocycles. The number of nitrogens with two attached hydrogens (primary N) is 1. The first-order chi connectivity index (χ1) is 8.32. The van der Waals surface area contributed by atoms with Crippen molar-refractivity contribution >= 4 is 21.4 Å². The molecule has 1 rings (SSSR count). The van der Waals surface area contributed by atoms with E-state index in [0.29, 0.717) is 5.56 Å². The van der Waals surface area contributed by atoms with Crippen LogP contribution in [0.15, 0.2) is 28.3 Å². The van der Waals surface area contributed by atoms with Gasteiger partial charge in [-0.2, -0.15) is 0 Å². The first-order valence-electron chi connectivity index (χ1n) is 5.73. The highest BCUT2D eigenvalue weighted by molar-refractivity contribution is 7.91. The van der Waals surface area contributed by atoms with E-state index < -0.39 is 16.1 Å². The van der Waals surface area contributed by atoms with Gasteiger partial charge in [0, 0.05) is 5.92 Å². The molecule has 6 heteroatoms. The third-order valence-corrected chi connectivity index (χ3v) is 5.60. The summed E-state index contributed by atoms with van der Waals surface area (Å²) in [6.07, 6.45) is 1.48. The molecule has 0 aliphatic carbocycles. The van der Waals surface area contributed by atoms with Crippen LogP contribution in [0.3, 0.4) is 0 Å². The minimum atomic E-state index is -3.75. The van der Waals surface area contributed by atoms with Crippen LogP contribution in [0.5, 0.6) is 0 Å². The van der Waals surface area contributed by atoms with E-state index in [4.69, 9.17) is 5.14 Å². The molecule has 0 bridgehead atoms. The lowest BCUT2D eigenvalue weighted by atomic mass is 9.83. The molecule has 0 amide bonds. The van der Waals surface area contributed by atoms with Crippen molar-refractivity contribution in [1.29, 1.82) is 0 Å². The van der Waals surface area contributed by atoms with Crippen molar-refractivity contribution in [1.82, 2.24) is 0 Å². The SMILES string of the molecule is C=CC(O)[C@H](c1ccsc1S(N)(=O)=O)[C@@H](C)CC. The average molecular weight is 289 g/mol. The molecule has 0 aliphatic rings. The zero-order valence-electron chi connectivity index (χ0n) is 10.5. The van der Waals surface area contributed by atoms with E-state index in [1.807, 2.05) is 13.8 Å². The molecule has 1 aromatic rings. The third-order valence-electron chi connectivity index (χ3n) is 3.14. The Hall–Kier alpha value is -0.690. The van der Waals surface area contributed by atoms with E-state index in [0.717, 1.165) is 17.8 Å². The second kappa shape index (κ2) is 5.97. The Balaban J connectivity index is 3.31. The summed E-state index contributed by atoms with van der Waals surface area (Å²) in [5.41, 5.74) is 0.587. The summed E-state index contributed by atoms with van der Waals surface area (Å²) in [4.78, 5) is 0. The van der Waals surface area contributed by atoms with Crippen LogP contribution in [0.25, 0.3) is 0 Å². The van der Waals surface area contributed by atoms with Crippen molar-refractivity contribution in [3.05, 3.63) is 29.7 Å². The lowest BCUT2D eigenvalue weighted by Gasteiger charge is -2.26. The molecular weight excluding hydrogens is 270 g/mol. The number of rotatable bonds is 6. The molecule has 1 aromatic heterocycles. The number of hydrogen-bond acceptors (Lipinski definition) is 4. The van der Waals surface area contributed by atoms with Gasteiger partial charge < -0.3 is 5.11 Å². The first-order valence-corrected chi connectivity index (χ1v) is 8.16. The maximum Gasteiger partial charge on any atom is 0.247 e. The Morgan fingerprint density at radius 2 is 2.22 bits per heavy atom. The number of sulfonamides is 1. The van der Waals surface area contributed by atoms with Crippen LogP contribution < -0.4 is 5.14 Å². The largest absolute Gasteiger partial charge is 0.388 e. The summed E-state index contributed by atoms with van der Waals surface area (Å²) in [5.74, 6) is -0.167. The summed E-state index contributed by atoms with van der Waals surface area (Å²) >= 11 is 1.08. The fraction of sp³-hybridized carbons (Fsp3) is 0.500. The van der Waals surface area contributed by atoms with Crippen LogP contribution in [0.2, 0.25) is 0 Å². The van der Waals surface area contributed by atoms with E-state index >= 15 is 0 Å². The fourth-order valence-corrected chi connectivity index (χ4v) is 3.93. The van der Waals surface area contributed by atoms with Crippen molar-refractivity contribution in [2.24, 2.45) is 11.1 Å². The fourth-order valence-electron chi connectivity index (χ4n) is 2.01. The van der Waals surface area contributed by atoms with E-state index in [9.17, 15) is 13.5 Å². The maximum atomic E-state index is 11.5. The van der Waals surface area contributed by atoms with Gasteiger partial charge in [-0.25, -0.2) is 13.6 Å². The quantitative estimate of drug-likeness (QED) is 0.787. The maximum absolute atomic E-state index is 11.5. The Bertz CT molecular complexity index is 507. The van der Waals surface area contributed by atoms with E-state index in [-0.39, 0.29) is 16.0 Å². The predicted octanol–water partition coefficient (Wildman–Crippen LogP) is 2.07. The van der Waals surface area contributed by atoms with Crippen molar-refractivity contribution < 1.29 is 13.5 Å². The van der Waals surface area contributed by atoms with Gasteiger partial charge in [-0.3, -0.25) is 0 Å². The number of aliphatic hydroxyl groups is 1. The topological polar surface area (TPSA) is 80.4 Å². The average Bonchev–Trinajstić information content (AvgIpc) is 2.77. The van der Waals surface area contributed by atoms with Crippen LogP contribution in [0.4, 0.5) is 0 Å². The van der Waals surface area contributed by atoms with Gasteiger partial charge in [-0.1, -0.05) is 26.3 Å². The number of aliphatic hydroxyl groups excluding tert-OH is 1. The molecule has 0 saturated heterocycles. The Morgan fingerprint density at radius 1 is 1.61 bits per heavy atom. The summed E-state index contributed by atoms with van der Waals surface area (Å²) in [5, 5.41) is 16.9. The highest BCUT2D eigenvalue weighted by Crippen LogP contribution is 2.37. The molecule has 102 valence electrons.